The molecular weight excluding hydrogens is 214 g/mol. The molecule has 1 N–H and O–H groups in total. The first-order chi connectivity index (χ1) is 7.94. The summed E-state index contributed by atoms with van der Waals surface area (Å²) in [7, 11) is 0. The van der Waals surface area contributed by atoms with Gasteiger partial charge < -0.3 is 10.1 Å². The Hall–Kier alpha value is -1.51. The zero-order valence-corrected chi connectivity index (χ0v) is 10.7. The maximum Gasteiger partial charge on any atom is 0.310 e. The Morgan fingerprint density at radius 2 is 2.18 bits per heavy atom. The van der Waals surface area contributed by atoms with Gasteiger partial charge in [-0.1, -0.05) is 12.1 Å². The van der Waals surface area contributed by atoms with Gasteiger partial charge in [0.25, 0.3) is 0 Å². The van der Waals surface area contributed by atoms with Gasteiger partial charge in [-0.3, -0.25) is 4.79 Å². The molecule has 0 atom stereocenters. The Morgan fingerprint density at radius 1 is 1.41 bits per heavy atom. The molecule has 1 aromatic rings. The molecule has 0 saturated heterocycles. The van der Waals surface area contributed by atoms with E-state index in [1.807, 2.05) is 32.9 Å². The van der Waals surface area contributed by atoms with Crippen molar-refractivity contribution in [1.29, 1.82) is 0 Å². The first-order valence-electron chi connectivity index (χ1n) is 6.01. The minimum absolute atomic E-state index is 0.164. The van der Waals surface area contributed by atoms with Crippen molar-refractivity contribution in [3.8, 4) is 0 Å². The van der Waals surface area contributed by atoms with Crippen LogP contribution in [0.5, 0.6) is 0 Å². The molecule has 1 aliphatic rings. The van der Waals surface area contributed by atoms with Crippen molar-refractivity contribution in [3.05, 3.63) is 29.3 Å². The Morgan fingerprint density at radius 3 is 2.88 bits per heavy atom. The third-order valence-corrected chi connectivity index (χ3v) is 2.65. The second-order valence-electron chi connectivity index (χ2n) is 5.43. The molecule has 3 nitrogen and oxygen atoms in total. The quantitative estimate of drug-likeness (QED) is 0.798. The third-order valence-electron chi connectivity index (χ3n) is 2.65. The number of anilines is 1. The molecule has 0 unspecified atom stereocenters. The van der Waals surface area contributed by atoms with Crippen LogP contribution in [0.3, 0.4) is 0 Å². The van der Waals surface area contributed by atoms with Gasteiger partial charge in [-0.05, 0) is 44.4 Å². The average molecular weight is 233 g/mol. The summed E-state index contributed by atoms with van der Waals surface area (Å²) >= 11 is 0. The fraction of sp³-hybridized carbons (Fsp3) is 0.500. The van der Waals surface area contributed by atoms with E-state index in [0.717, 1.165) is 18.5 Å². The number of esters is 1. The predicted octanol–water partition coefficient (Wildman–Crippen LogP) is 2.54. The summed E-state index contributed by atoms with van der Waals surface area (Å²) in [6, 6.07) is 6.13. The lowest BCUT2D eigenvalue weighted by molar-refractivity contribution is -0.153. The van der Waals surface area contributed by atoms with Gasteiger partial charge in [0.2, 0.25) is 0 Å². The van der Waals surface area contributed by atoms with Gasteiger partial charge in [0.1, 0.15) is 5.60 Å². The van der Waals surface area contributed by atoms with Gasteiger partial charge >= 0.3 is 5.97 Å². The number of rotatable bonds is 2. The fourth-order valence-corrected chi connectivity index (χ4v) is 2.01. The molecule has 92 valence electrons. The van der Waals surface area contributed by atoms with E-state index in [1.165, 1.54) is 11.3 Å². The number of ether oxygens (including phenoxy) is 1. The van der Waals surface area contributed by atoms with E-state index in [9.17, 15) is 4.79 Å². The van der Waals surface area contributed by atoms with Gasteiger partial charge in [-0.2, -0.15) is 0 Å². The molecule has 17 heavy (non-hydrogen) atoms. The molecule has 3 heteroatoms. The van der Waals surface area contributed by atoms with Crippen molar-refractivity contribution >= 4 is 11.7 Å². The van der Waals surface area contributed by atoms with Crippen LogP contribution in [0.25, 0.3) is 0 Å². The number of carbonyl (C=O) groups excluding carboxylic acids is 1. The van der Waals surface area contributed by atoms with Crippen LogP contribution in [0.15, 0.2) is 18.2 Å². The first kappa shape index (κ1) is 12.0. The number of hydrogen-bond donors (Lipinski definition) is 1. The van der Waals surface area contributed by atoms with Gasteiger partial charge in [0.15, 0.2) is 0 Å². The molecule has 1 aromatic carbocycles. The molecule has 0 saturated carbocycles. The number of carbonyl (C=O) groups is 1. The molecule has 1 heterocycles. The van der Waals surface area contributed by atoms with Crippen molar-refractivity contribution in [3.63, 3.8) is 0 Å². The molecule has 0 fully saturated rings. The van der Waals surface area contributed by atoms with Crippen LogP contribution < -0.4 is 5.32 Å². The minimum Gasteiger partial charge on any atom is -0.460 e. The Kier molecular flexibility index (Phi) is 3.09. The van der Waals surface area contributed by atoms with E-state index < -0.39 is 5.60 Å². The van der Waals surface area contributed by atoms with Crippen LogP contribution in [0, 0.1) is 0 Å². The van der Waals surface area contributed by atoms with Crippen LogP contribution in [-0.2, 0) is 22.4 Å². The van der Waals surface area contributed by atoms with Crippen molar-refractivity contribution in [2.24, 2.45) is 0 Å². The zero-order chi connectivity index (χ0) is 12.5. The molecule has 0 spiro atoms. The molecule has 0 aliphatic carbocycles. The molecule has 0 bridgehead atoms. The fourth-order valence-electron chi connectivity index (χ4n) is 2.01. The number of benzene rings is 1. The summed E-state index contributed by atoms with van der Waals surface area (Å²) in [5.41, 5.74) is 3.11. The molecule has 2 rings (SSSR count). The maximum atomic E-state index is 11.7. The topological polar surface area (TPSA) is 38.3 Å². The van der Waals surface area contributed by atoms with Crippen molar-refractivity contribution < 1.29 is 9.53 Å². The summed E-state index contributed by atoms with van der Waals surface area (Å²) in [6.07, 6.45) is 1.39. The smallest absolute Gasteiger partial charge is 0.310 e. The summed E-state index contributed by atoms with van der Waals surface area (Å²) in [5, 5.41) is 3.30. The van der Waals surface area contributed by atoms with Crippen LogP contribution in [-0.4, -0.2) is 18.1 Å². The summed E-state index contributed by atoms with van der Waals surface area (Å²) in [5.74, 6) is -0.164. The van der Waals surface area contributed by atoms with Gasteiger partial charge in [0, 0.05) is 12.2 Å². The third kappa shape index (κ3) is 3.22. The lowest BCUT2D eigenvalue weighted by atomic mass is 10.1. The Bertz CT molecular complexity index is 432. The van der Waals surface area contributed by atoms with E-state index in [4.69, 9.17) is 4.74 Å². The minimum atomic E-state index is -0.407. The second-order valence-corrected chi connectivity index (χ2v) is 5.43. The first-order valence-corrected chi connectivity index (χ1v) is 6.01. The van der Waals surface area contributed by atoms with Crippen molar-refractivity contribution in [2.45, 2.75) is 39.2 Å². The van der Waals surface area contributed by atoms with Crippen molar-refractivity contribution in [1.82, 2.24) is 0 Å². The normalized spacial score (nSPS) is 14.1. The van der Waals surface area contributed by atoms with E-state index in [2.05, 4.69) is 11.4 Å². The van der Waals surface area contributed by atoms with Crippen molar-refractivity contribution in [2.75, 3.05) is 11.9 Å². The maximum absolute atomic E-state index is 11.7. The largest absolute Gasteiger partial charge is 0.460 e. The van der Waals surface area contributed by atoms with Crippen LogP contribution in [0.1, 0.15) is 31.9 Å². The Balaban J connectivity index is 2.02. The van der Waals surface area contributed by atoms with Crippen LogP contribution >= 0.6 is 0 Å². The second kappa shape index (κ2) is 4.40. The van der Waals surface area contributed by atoms with E-state index in [1.54, 1.807) is 0 Å². The van der Waals surface area contributed by atoms with E-state index >= 15 is 0 Å². The van der Waals surface area contributed by atoms with Crippen LogP contribution in [0.4, 0.5) is 5.69 Å². The number of hydrogen-bond acceptors (Lipinski definition) is 3. The highest BCUT2D eigenvalue weighted by molar-refractivity contribution is 5.73. The van der Waals surface area contributed by atoms with Gasteiger partial charge in [-0.15, -0.1) is 0 Å². The van der Waals surface area contributed by atoms with Gasteiger partial charge in [-0.25, -0.2) is 0 Å². The van der Waals surface area contributed by atoms with E-state index in [-0.39, 0.29) is 5.97 Å². The monoisotopic (exact) mass is 233 g/mol. The standard InChI is InChI=1S/C14H19NO2/c1-14(2,3)17-13(16)9-10-4-5-12-11(8-10)6-7-15-12/h4-5,8,15H,6-7,9H2,1-3H3. The number of fused-ring (bicyclic) bond motifs is 1. The molecule has 0 amide bonds. The highest BCUT2D eigenvalue weighted by atomic mass is 16.6. The molecule has 0 aromatic heterocycles. The highest BCUT2D eigenvalue weighted by Gasteiger charge is 2.17. The van der Waals surface area contributed by atoms with E-state index in [0.29, 0.717) is 6.42 Å². The Labute approximate surface area is 102 Å². The summed E-state index contributed by atoms with van der Waals surface area (Å²) in [4.78, 5) is 11.7. The summed E-state index contributed by atoms with van der Waals surface area (Å²) in [6.45, 7) is 6.65. The number of nitrogens with one attached hydrogen (secondary N) is 1. The lowest BCUT2D eigenvalue weighted by Gasteiger charge is -2.19. The summed E-state index contributed by atoms with van der Waals surface area (Å²) < 4.78 is 5.31. The SMILES string of the molecule is CC(C)(C)OC(=O)Cc1ccc2c(c1)CCN2. The van der Waals surface area contributed by atoms with Gasteiger partial charge in [0.05, 0.1) is 6.42 Å². The van der Waals surface area contributed by atoms with Crippen LogP contribution in [0.2, 0.25) is 0 Å². The molecule has 0 radical (unpaired) electrons. The lowest BCUT2D eigenvalue weighted by Crippen LogP contribution is -2.24. The predicted molar refractivity (Wildman–Crippen MR) is 68.2 cm³/mol. The average Bonchev–Trinajstić information content (AvgIpc) is 2.61. The highest BCUT2D eigenvalue weighted by Crippen LogP contribution is 2.23. The zero-order valence-electron chi connectivity index (χ0n) is 10.7. The molecular formula is C14H19NO2. The molecule has 1 aliphatic heterocycles.